The third-order valence-electron chi connectivity index (χ3n) is 3.59. The number of phenols is 3. The molecule has 6 heteroatoms. The number of hydrogen-bond donors (Lipinski definition) is 3. The van der Waals surface area contributed by atoms with E-state index in [1.54, 1.807) is 13.0 Å². The molecule has 0 atom stereocenters. The van der Waals surface area contributed by atoms with Crippen LogP contribution in [0.15, 0.2) is 30.3 Å². The van der Waals surface area contributed by atoms with Gasteiger partial charge in [0.05, 0.1) is 13.7 Å². The minimum atomic E-state index is -0.222. The van der Waals surface area contributed by atoms with Gasteiger partial charge in [-0.05, 0) is 31.5 Å². The smallest absolute Gasteiger partial charge is 0.163 e. The number of ketones is 1. The Balaban J connectivity index is 2.10. The molecule has 2 aromatic rings. The first-order valence-corrected chi connectivity index (χ1v) is 7.54. The lowest BCUT2D eigenvalue weighted by molar-refractivity contribution is 0.0982. The summed E-state index contributed by atoms with van der Waals surface area (Å²) in [7, 11) is 1.42. The Kier molecular flexibility index (Phi) is 5.52. The fraction of sp³-hybridized carbons (Fsp3) is 0.278. The van der Waals surface area contributed by atoms with Crippen LogP contribution in [-0.4, -0.2) is 34.8 Å². The van der Waals surface area contributed by atoms with Crippen molar-refractivity contribution in [1.29, 1.82) is 0 Å². The van der Waals surface area contributed by atoms with Crippen LogP contribution < -0.4 is 9.47 Å². The summed E-state index contributed by atoms with van der Waals surface area (Å²) in [5.41, 5.74) is 0.614. The van der Waals surface area contributed by atoms with Crippen LogP contribution in [0.1, 0.15) is 29.3 Å². The van der Waals surface area contributed by atoms with Gasteiger partial charge in [-0.1, -0.05) is 0 Å². The molecule has 0 aromatic heterocycles. The van der Waals surface area contributed by atoms with Gasteiger partial charge in [0, 0.05) is 29.7 Å². The van der Waals surface area contributed by atoms with Gasteiger partial charge in [0.25, 0.3) is 0 Å². The molecule has 0 spiro atoms. The Morgan fingerprint density at radius 1 is 1.04 bits per heavy atom. The molecule has 0 aliphatic carbocycles. The third kappa shape index (κ3) is 3.90. The molecule has 0 heterocycles. The van der Waals surface area contributed by atoms with Gasteiger partial charge in [0.2, 0.25) is 0 Å². The summed E-state index contributed by atoms with van der Waals surface area (Å²) in [4.78, 5) is 12.2. The van der Waals surface area contributed by atoms with E-state index in [1.165, 1.54) is 31.4 Å². The van der Waals surface area contributed by atoms with Gasteiger partial charge in [0.15, 0.2) is 17.3 Å². The average Bonchev–Trinajstić information content (AvgIpc) is 2.54. The van der Waals surface area contributed by atoms with Crippen LogP contribution >= 0.6 is 0 Å². The Morgan fingerprint density at radius 2 is 1.71 bits per heavy atom. The highest BCUT2D eigenvalue weighted by Gasteiger charge is 2.15. The molecule has 2 rings (SSSR count). The van der Waals surface area contributed by atoms with Crippen molar-refractivity contribution in [3.63, 3.8) is 0 Å². The fourth-order valence-corrected chi connectivity index (χ4v) is 2.37. The first kappa shape index (κ1) is 17.5. The highest BCUT2D eigenvalue weighted by Crippen LogP contribution is 2.34. The number of aromatic hydroxyl groups is 3. The second-order valence-corrected chi connectivity index (χ2v) is 5.18. The minimum Gasteiger partial charge on any atom is -0.507 e. The number of hydrogen-bond acceptors (Lipinski definition) is 6. The molecular formula is C18H20O6. The van der Waals surface area contributed by atoms with E-state index in [0.717, 1.165) is 0 Å². The molecule has 0 aliphatic heterocycles. The van der Waals surface area contributed by atoms with Gasteiger partial charge < -0.3 is 24.8 Å². The molecule has 0 saturated carbocycles. The van der Waals surface area contributed by atoms with Crippen molar-refractivity contribution in [2.75, 3.05) is 13.7 Å². The zero-order chi connectivity index (χ0) is 17.7. The molecule has 0 unspecified atom stereocenters. The van der Waals surface area contributed by atoms with Crippen molar-refractivity contribution in [3.05, 3.63) is 41.5 Å². The van der Waals surface area contributed by atoms with Crippen LogP contribution in [-0.2, 0) is 6.42 Å². The van der Waals surface area contributed by atoms with Crippen molar-refractivity contribution in [2.24, 2.45) is 0 Å². The normalized spacial score (nSPS) is 10.4. The maximum Gasteiger partial charge on any atom is 0.163 e. The largest absolute Gasteiger partial charge is 0.507 e. The van der Waals surface area contributed by atoms with E-state index >= 15 is 0 Å². The number of benzene rings is 2. The Bertz CT molecular complexity index is 715. The first-order chi connectivity index (χ1) is 11.5. The predicted molar refractivity (Wildman–Crippen MR) is 88.3 cm³/mol. The zero-order valence-electron chi connectivity index (χ0n) is 13.6. The second-order valence-electron chi connectivity index (χ2n) is 5.18. The van der Waals surface area contributed by atoms with Gasteiger partial charge in [-0.2, -0.15) is 0 Å². The van der Waals surface area contributed by atoms with E-state index in [-0.39, 0.29) is 47.2 Å². The van der Waals surface area contributed by atoms with Gasteiger partial charge in [-0.3, -0.25) is 4.79 Å². The molecular weight excluding hydrogens is 312 g/mol. The average molecular weight is 332 g/mol. The van der Waals surface area contributed by atoms with Crippen LogP contribution in [0.3, 0.4) is 0 Å². The van der Waals surface area contributed by atoms with Gasteiger partial charge >= 0.3 is 0 Å². The van der Waals surface area contributed by atoms with E-state index < -0.39 is 0 Å². The summed E-state index contributed by atoms with van der Waals surface area (Å²) in [6.07, 6.45) is 0.233. The number of Topliss-reactive ketones (excluding diaryl/α,β-unsaturated/α-hetero) is 1. The summed E-state index contributed by atoms with van der Waals surface area (Å²) >= 11 is 0. The van der Waals surface area contributed by atoms with Crippen LogP contribution in [0.25, 0.3) is 0 Å². The summed E-state index contributed by atoms with van der Waals surface area (Å²) in [5.74, 6) is 0.0689. The summed E-state index contributed by atoms with van der Waals surface area (Å²) in [5, 5.41) is 29.7. The molecule has 0 aliphatic rings. The monoisotopic (exact) mass is 332 g/mol. The molecule has 0 bridgehead atoms. The van der Waals surface area contributed by atoms with Crippen molar-refractivity contribution in [3.8, 4) is 28.7 Å². The van der Waals surface area contributed by atoms with Crippen LogP contribution in [0.4, 0.5) is 0 Å². The molecule has 128 valence electrons. The van der Waals surface area contributed by atoms with E-state index in [9.17, 15) is 20.1 Å². The topological polar surface area (TPSA) is 96.2 Å². The molecule has 24 heavy (non-hydrogen) atoms. The second kappa shape index (κ2) is 7.59. The zero-order valence-corrected chi connectivity index (χ0v) is 13.6. The number of carbonyl (C=O) groups excluding carboxylic acids is 1. The Hall–Kier alpha value is -2.89. The van der Waals surface area contributed by atoms with Crippen molar-refractivity contribution in [1.82, 2.24) is 0 Å². The molecule has 6 nitrogen and oxygen atoms in total. The van der Waals surface area contributed by atoms with Crippen molar-refractivity contribution >= 4 is 5.78 Å². The number of methoxy groups -OCH3 is 1. The predicted octanol–water partition coefficient (Wildman–Crippen LogP) is 3.03. The summed E-state index contributed by atoms with van der Waals surface area (Å²) in [6.45, 7) is 2.21. The van der Waals surface area contributed by atoms with Crippen molar-refractivity contribution in [2.45, 2.75) is 19.8 Å². The van der Waals surface area contributed by atoms with Crippen LogP contribution in [0.2, 0.25) is 0 Å². The minimum absolute atomic E-state index is 0.0703. The standard InChI is InChI=1S/C18H20O6/c1-3-24-12-9-15(20)13(16(21)10-12)5-6-14(19)11-4-7-18(23-2)17(22)8-11/h4,7-10,20-22H,3,5-6H2,1-2H3. The maximum absolute atomic E-state index is 12.2. The van der Waals surface area contributed by atoms with Crippen LogP contribution in [0.5, 0.6) is 28.7 Å². The maximum atomic E-state index is 12.2. The molecule has 0 amide bonds. The number of ether oxygens (including phenoxy) is 2. The van der Waals surface area contributed by atoms with E-state index in [0.29, 0.717) is 17.9 Å². The van der Waals surface area contributed by atoms with E-state index in [1.807, 2.05) is 0 Å². The molecule has 0 fully saturated rings. The molecule has 0 radical (unpaired) electrons. The number of rotatable bonds is 7. The van der Waals surface area contributed by atoms with Gasteiger partial charge in [0.1, 0.15) is 17.2 Å². The third-order valence-corrected chi connectivity index (χ3v) is 3.59. The molecule has 3 N–H and O–H groups in total. The highest BCUT2D eigenvalue weighted by molar-refractivity contribution is 5.96. The lowest BCUT2D eigenvalue weighted by Gasteiger charge is -2.10. The lowest BCUT2D eigenvalue weighted by Crippen LogP contribution is -2.02. The van der Waals surface area contributed by atoms with Gasteiger partial charge in [-0.15, -0.1) is 0 Å². The van der Waals surface area contributed by atoms with E-state index in [4.69, 9.17) is 9.47 Å². The van der Waals surface area contributed by atoms with E-state index in [2.05, 4.69) is 0 Å². The number of phenolic OH excluding ortho intramolecular Hbond substituents is 3. The number of carbonyl (C=O) groups is 1. The molecule has 0 saturated heterocycles. The van der Waals surface area contributed by atoms with Crippen molar-refractivity contribution < 1.29 is 29.6 Å². The van der Waals surface area contributed by atoms with Gasteiger partial charge in [-0.25, -0.2) is 0 Å². The molecule has 2 aromatic carbocycles. The summed E-state index contributed by atoms with van der Waals surface area (Å²) in [6, 6.07) is 7.21. The quantitative estimate of drug-likeness (QED) is 0.675. The Morgan fingerprint density at radius 3 is 2.25 bits per heavy atom. The SMILES string of the molecule is CCOc1cc(O)c(CCC(=O)c2ccc(OC)c(O)c2)c(O)c1. The summed E-state index contributed by atoms with van der Waals surface area (Å²) < 4.78 is 10.2. The van der Waals surface area contributed by atoms with Crippen LogP contribution in [0, 0.1) is 0 Å². The first-order valence-electron chi connectivity index (χ1n) is 7.54. The fourth-order valence-electron chi connectivity index (χ4n) is 2.37. The lowest BCUT2D eigenvalue weighted by atomic mass is 10.0. The highest BCUT2D eigenvalue weighted by atomic mass is 16.5. The Labute approximate surface area is 139 Å².